The number of nitrogens with two attached hydrogens (primary N) is 1. The number of benzene rings is 1. The monoisotopic (exact) mass is 324 g/mol. The van der Waals surface area contributed by atoms with Gasteiger partial charge in [-0.15, -0.1) is 0 Å². The molecule has 0 aliphatic heterocycles. The number of rotatable bonds is 5. The lowest BCUT2D eigenvalue weighted by Gasteiger charge is -2.14. The molecule has 0 bridgehead atoms. The molecular formula is C13H17BrN4O. The predicted octanol–water partition coefficient (Wildman–Crippen LogP) is 2.66. The molecule has 0 amide bonds. The van der Waals surface area contributed by atoms with E-state index in [4.69, 9.17) is 10.5 Å². The second-order valence-corrected chi connectivity index (χ2v) is 5.17. The van der Waals surface area contributed by atoms with E-state index in [1.807, 2.05) is 36.7 Å². The standard InChI is InChI=1S/C13H17BrN4O/c1-3-18-13(16-8-17-18)7-19-12-5-4-10(14)6-11(12)9(2)15/h4-6,8-9H,3,7,15H2,1-2H3/t9-/m0/s1. The number of aromatic nitrogens is 3. The van der Waals surface area contributed by atoms with Gasteiger partial charge in [-0.1, -0.05) is 15.9 Å². The first-order valence-electron chi connectivity index (χ1n) is 6.16. The zero-order chi connectivity index (χ0) is 13.8. The third-order valence-corrected chi connectivity index (χ3v) is 3.31. The number of halogens is 1. The van der Waals surface area contributed by atoms with Crippen molar-refractivity contribution in [3.63, 3.8) is 0 Å². The van der Waals surface area contributed by atoms with Crippen LogP contribution in [0.15, 0.2) is 29.0 Å². The van der Waals surface area contributed by atoms with Crippen LogP contribution in [0.4, 0.5) is 0 Å². The Bertz CT molecular complexity index is 553. The molecule has 1 aromatic carbocycles. The number of hydrogen-bond donors (Lipinski definition) is 1. The minimum atomic E-state index is -0.0865. The van der Waals surface area contributed by atoms with Crippen molar-refractivity contribution in [2.75, 3.05) is 0 Å². The van der Waals surface area contributed by atoms with Crippen LogP contribution >= 0.6 is 15.9 Å². The van der Waals surface area contributed by atoms with Gasteiger partial charge in [0.2, 0.25) is 0 Å². The normalized spacial score (nSPS) is 12.4. The van der Waals surface area contributed by atoms with Crippen molar-refractivity contribution in [2.24, 2.45) is 5.73 Å². The zero-order valence-electron chi connectivity index (χ0n) is 11.0. The Hall–Kier alpha value is -1.40. The van der Waals surface area contributed by atoms with Crippen molar-refractivity contribution in [3.05, 3.63) is 40.4 Å². The first kappa shape index (κ1) is 14.0. The number of ether oxygens (including phenoxy) is 1. The van der Waals surface area contributed by atoms with Gasteiger partial charge in [-0.2, -0.15) is 5.10 Å². The summed E-state index contributed by atoms with van der Waals surface area (Å²) in [6.45, 7) is 5.11. The van der Waals surface area contributed by atoms with Crippen LogP contribution in [0, 0.1) is 0 Å². The molecule has 2 rings (SSSR count). The van der Waals surface area contributed by atoms with E-state index in [-0.39, 0.29) is 6.04 Å². The van der Waals surface area contributed by atoms with Crippen molar-refractivity contribution in [3.8, 4) is 5.75 Å². The minimum absolute atomic E-state index is 0.0865. The summed E-state index contributed by atoms with van der Waals surface area (Å²) < 4.78 is 8.62. The third kappa shape index (κ3) is 3.33. The van der Waals surface area contributed by atoms with Gasteiger partial charge in [0.25, 0.3) is 0 Å². The number of hydrogen-bond acceptors (Lipinski definition) is 4. The summed E-state index contributed by atoms with van der Waals surface area (Å²) in [6.07, 6.45) is 1.54. The number of aryl methyl sites for hydroxylation is 1. The molecule has 0 aliphatic carbocycles. The van der Waals surface area contributed by atoms with E-state index >= 15 is 0 Å². The summed E-state index contributed by atoms with van der Waals surface area (Å²) in [5.41, 5.74) is 6.92. The quantitative estimate of drug-likeness (QED) is 0.918. The van der Waals surface area contributed by atoms with E-state index in [0.717, 1.165) is 28.2 Å². The molecule has 0 radical (unpaired) electrons. The highest BCUT2D eigenvalue weighted by molar-refractivity contribution is 9.10. The Labute approximate surface area is 120 Å². The molecule has 2 N–H and O–H groups in total. The Kier molecular flexibility index (Phi) is 4.55. The molecular weight excluding hydrogens is 308 g/mol. The van der Waals surface area contributed by atoms with Crippen molar-refractivity contribution < 1.29 is 4.74 Å². The molecule has 19 heavy (non-hydrogen) atoms. The molecule has 5 nitrogen and oxygen atoms in total. The lowest BCUT2D eigenvalue weighted by molar-refractivity contribution is 0.283. The molecule has 0 aliphatic rings. The Morgan fingerprint density at radius 2 is 2.26 bits per heavy atom. The fourth-order valence-electron chi connectivity index (χ4n) is 1.81. The van der Waals surface area contributed by atoms with Crippen LogP contribution in [0.5, 0.6) is 5.75 Å². The molecule has 2 aromatic rings. The fraction of sp³-hybridized carbons (Fsp3) is 0.385. The summed E-state index contributed by atoms with van der Waals surface area (Å²) in [5.74, 6) is 1.59. The van der Waals surface area contributed by atoms with Gasteiger partial charge in [0.05, 0.1) is 0 Å². The van der Waals surface area contributed by atoms with Gasteiger partial charge in [-0.3, -0.25) is 0 Å². The highest BCUT2D eigenvalue weighted by Crippen LogP contribution is 2.27. The van der Waals surface area contributed by atoms with Crippen LogP contribution in [-0.2, 0) is 13.2 Å². The first-order valence-corrected chi connectivity index (χ1v) is 6.95. The summed E-state index contributed by atoms with van der Waals surface area (Å²) in [5, 5.41) is 4.11. The van der Waals surface area contributed by atoms with Crippen LogP contribution in [0.1, 0.15) is 31.3 Å². The smallest absolute Gasteiger partial charge is 0.164 e. The average Bonchev–Trinajstić information content (AvgIpc) is 2.84. The predicted molar refractivity (Wildman–Crippen MR) is 76.8 cm³/mol. The summed E-state index contributed by atoms with van der Waals surface area (Å²) in [7, 11) is 0. The lowest BCUT2D eigenvalue weighted by atomic mass is 10.1. The molecule has 6 heteroatoms. The van der Waals surface area contributed by atoms with Crippen molar-refractivity contribution >= 4 is 15.9 Å². The Morgan fingerprint density at radius 1 is 1.47 bits per heavy atom. The summed E-state index contributed by atoms with van der Waals surface area (Å²) in [4.78, 5) is 4.18. The van der Waals surface area contributed by atoms with Crippen molar-refractivity contribution in [1.82, 2.24) is 14.8 Å². The first-order chi connectivity index (χ1) is 9.11. The summed E-state index contributed by atoms with van der Waals surface area (Å²) >= 11 is 3.44. The fourth-order valence-corrected chi connectivity index (χ4v) is 2.19. The minimum Gasteiger partial charge on any atom is -0.485 e. The highest BCUT2D eigenvalue weighted by atomic mass is 79.9. The summed E-state index contributed by atoms with van der Waals surface area (Å²) in [6, 6.07) is 5.74. The van der Waals surface area contributed by atoms with Gasteiger partial charge in [0, 0.05) is 22.6 Å². The van der Waals surface area contributed by atoms with Gasteiger partial charge >= 0.3 is 0 Å². The highest BCUT2D eigenvalue weighted by Gasteiger charge is 2.10. The van der Waals surface area contributed by atoms with E-state index in [9.17, 15) is 0 Å². The molecule has 102 valence electrons. The van der Waals surface area contributed by atoms with Crippen LogP contribution < -0.4 is 10.5 Å². The van der Waals surface area contributed by atoms with Crippen molar-refractivity contribution in [2.45, 2.75) is 33.0 Å². The van der Waals surface area contributed by atoms with Crippen LogP contribution in [0.25, 0.3) is 0 Å². The number of nitrogens with zero attached hydrogens (tertiary/aromatic N) is 3. The molecule has 0 saturated heterocycles. The largest absolute Gasteiger partial charge is 0.485 e. The van der Waals surface area contributed by atoms with E-state index in [0.29, 0.717) is 6.61 Å². The Balaban J connectivity index is 2.15. The molecule has 0 fully saturated rings. The maximum atomic E-state index is 5.95. The van der Waals surface area contributed by atoms with Crippen molar-refractivity contribution in [1.29, 1.82) is 0 Å². The van der Waals surface area contributed by atoms with E-state index in [1.54, 1.807) is 0 Å². The van der Waals surface area contributed by atoms with Gasteiger partial charge in [-0.25, -0.2) is 9.67 Å². The second-order valence-electron chi connectivity index (χ2n) is 4.25. The van der Waals surface area contributed by atoms with Gasteiger partial charge in [0.1, 0.15) is 18.7 Å². The molecule has 0 unspecified atom stereocenters. The van der Waals surface area contributed by atoms with Crippen LogP contribution in [0.3, 0.4) is 0 Å². The molecule has 1 atom stereocenters. The second kappa shape index (κ2) is 6.16. The van der Waals surface area contributed by atoms with Gasteiger partial charge in [0.15, 0.2) is 5.82 Å². The van der Waals surface area contributed by atoms with Crippen LogP contribution in [-0.4, -0.2) is 14.8 Å². The SMILES string of the molecule is CCn1ncnc1COc1ccc(Br)cc1[C@H](C)N. The Morgan fingerprint density at radius 3 is 2.95 bits per heavy atom. The topological polar surface area (TPSA) is 66.0 Å². The lowest BCUT2D eigenvalue weighted by Crippen LogP contribution is -2.11. The molecule has 1 heterocycles. The van der Waals surface area contributed by atoms with Gasteiger partial charge < -0.3 is 10.5 Å². The molecule has 0 spiro atoms. The van der Waals surface area contributed by atoms with Gasteiger partial charge in [-0.05, 0) is 32.0 Å². The average molecular weight is 325 g/mol. The maximum absolute atomic E-state index is 5.95. The van der Waals surface area contributed by atoms with E-state index in [2.05, 4.69) is 26.0 Å². The zero-order valence-corrected chi connectivity index (χ0v) is 12.6. The molecule has 0 saturated carbocycles. The van der Waals surface area contributed by atoms with Crippen LogP contribution in [0.2, 0.25) is 0 Å². The molecule has 1 aromatic heterocycles. The third-order valence-electron chi connectivity index (χ3n) is 2.81. The van der Waals surface area contributed by atoms with E-state index in [1.165, 1.54) is 6.33 Å². The maximum Gasteiger partial charge on any atom is 0.164 e. The van der Waals surface area contributed by atoms with E-state index < -0.39 is 0 Å².